The van der Waals surface area contributed by atoms with Crippen LogP contribution in [0, 0.1) is 34.9 Å². The molecule has 0 spiro atoms. The van der Waals surface area contributed by atoms with Gasteiger partial charge in [0.25, 0.3) is 0 Å². The minimum Gasteiger partial charge on any atom is -0.508 e. The van der Waals surface area contributed by atoms with Gasteiger partial charge in [-0.05, 0) is 96.5 Å². The van der Waals surface area contributed by atoms with E-state index in [1.807, 2.05) is 27.7 Å². The summed E-state index contributed by atoms with van der Waals surface area (Å²) in [7, 11) is -3.37. The van der Waals surface area contributed by atoms with E-state index in [0.29, 0.717) is 0 Å². The fraction of sp³-hybridized carbons (Fsp3) is 0.655. The Labute approximate surface area is 247 Å². The summed E-state index contributed by atoms with van der Waals surface area (Å²) in [5, 5.41) is 0. The predicted octanol–water partition coefficient (Wildman–Crippen LogP) is 10.2. The van der Waals surface area contributed by atoms with Crippen molar-refractivity contribution in [2.24, 2.45) is 0 Å². The van der Waals surface area contributed by atoms with E-state index in [-0.39, 0.29) is 29.8 Å². The molecule has 0 aliphatic carbocycles. The van der Waals surface area contributed by atoms with Crippen LogP contribution < -0.4 is 4.90 Å². The van der Waals surface area contributed by atoms with Gasteiger partial charge in [-0.1, -0.05) is 71.1 Å². The molecule has 0 fully saturated rings. The number of benzene rings is 1. The van der Waals surface area contributed by atoms with Crippen molar-refractivity contribution in [2.45, 2.75) is 120 Å². The van der Waals surface area contributed by atoms with Gasteiger partial charge >= 0.3 is 0 Å². The topological polar surface area (TPSA) is 15.7 Å². The summed E-state index contributed by atoms with van der Waals surface area (Å²) >= 11 is 0. The van der Waals surface area contributed by atoms with Crippen molar-refractivity contribution in [1.82, 2.24) is 4.90 Å². The Morgan fingerprint density at radius 1 is 0.750 bits per heavy atom. The molecule has 1 radical (unpaired) electrons. The van der Waals surface area contributed by atoms with Crippen molar-refractivity contribution < 1.29 is 26.5 Å². The molecular weight excluding hydrogens is 584 g/mol. The average Bonchev–Trinajstić information content (AvgIpc) is 3.09. The molecule has 3 nitrogen and oxygen atoms in total. The van der Waals surface area contributed by atoms with E-state index in [2.05, 4.69) is 121 Å². The van der Waals surface area contributed by atoms with Crippen LogP contribution in [0.15, 0.2) is 24.5 Å². The van der Waals surface area contributed by atoms with Gasteiger partial charge in [0.1, 0.15) is 0 Å². The molecule has 219 valence electrons. The van der Waals surface area contributed by atoms with E-state index < -0.39 is 24.7 Å². The van der Waals surface area contributed by atoms with Gasteiger partial charge in [0.05, 0.1) is 0 Å². The molecule has 0 saturated carbocycles. The SMILES string of the molecule is CC.CC.C[Si](C)(C)O[Si](C)(C)C.Cc1cc(C)c(N2C=CN(CCC[Si](C)(C)C)[CH-]2)c(C)c1.[Ag].[CH3-]. The van der Waals surface area contributed by atoms with E-state index in [1.54, 1.807) is 0 Å². The standard InChI is InChI=1S/C18H29N2Si.C6H18OSi2.2C2H6.CH3.Ag/c1-15-12-16(2)18(17(3)13-15)20-10-9-19(14-20)8-7-11-21(4,5)6;1-8(2,3)7-9(4,5)6;2*1-2;;/h9-10,12-14H,7-8,11H2,1-6H3;1-6H3;2*1-2H3;1H3;/q-1;;;;-1;. The quantitative estimate of drug-likeness (QED) is 0.217. The van der Waals surface area contributed by atoms with E-state index in [4.69, 9.17) is 4.12 Å². The van der Waals surface area contributed by atoms with Crippen LogP contribution in [0.1, 0.15) is 50.8 Å². The van der Waals surface area contributed by atoms with Gasteiger partial charge in [0, 0.05) is 36.1 Å². The zero-order valence-electron chi connectivity index (χ0n) is 27.1. The average molecular weight is 647 g/mol. The largest absolute Gasteiger partial charge is 0.508 e. The summed E-state index contributed by atoms with van der Waals surface area (Å²) < 4.78 is 5.90. The predicted molar refractivity (Wildman–Crippen MR) is 173 cm³/mol. The number of hydrogen-bond acceptors (Lipinski definition) is 3. The summed E-state index contributed by atoms with van der Waals surface area (Å²) in [6.45, 7) is 38.7. The summed E-state index contributed by atoms with van der Waals surface area (Å²) in [6, 6.07) is 5.92. The third-order valence-corrected chi connectivity index (χ3v) is 11.3. The van der Waals surface area contributed by atoms with E-state index in [9.17, 15) is 0 Å². The Balaban J connectivity index is -0.000000291. The Morgan fingerprint density at radius 3 is 1.50 bits per heavy atom. The van der Waals surface area contributed by atoms with Gasteiger partial charge in [-0.2, -0.15) is 6.67 Å². The molecule has 0 aromatic heterocycles. The van der Waals surface area contributed by atoms with E-state index in [0.717, 1.165) is 6.54 Å². The Morgan fingerprint density at radius 2 is 1.17 bits per heavy atom. The number of hydrogen-bond donors (Lipinski definition) is 0. The Bertz CT molecular complexity index is 686. The molecule has 0 atom stereocenters. The maximum atomic E-state index is 5.90. The number of nitrogens with zero attached hydrogens (tertiary/aromatic N) is 2. The Hall–Kier alpha value is -0.0891. The molecule has 0 bridgehead atoms. The minimum absolute atomic E-state index is 0. The number of aryl methyl sites for hydroxylation is 3. The second-order valence-electron chi connectivity index (χ2n) is 11.8. The molecule has 0 N–H and O–H groups in total. The molecule has 2 rings (SSSR count). The maximum absolute atomic E-state index is 5.90. The number of rotatable bonds is 7. The third kappa shape index (κ3) is 20.9. The first-order valence-electron chi connectivity index (χ1n) is 13.3. The maximum Gasteiger partial charge on any atom is 0.170 e. The second kappa shape index (κ2) is 19.9. The summed E-state index contributed by atoms with van der Waals surface area (Å²) in [5.74, 6) is 0. The van der Waals surface area contributed by atoms with Crippen molar-refractivity contribution in [1.29, 1.82) is 0 Å². The third-order valence-electron chi connectivity index (χ3n) is 4.54. The first kappa shape index (κ1) is 43.0. The monoisotopic (exact) mass is 645 g/mol. The Kier molecular flexibility index (Phi) is 23.8. The van der Waals surface area contributed by atoms with Crippen LogP contribution >= 0.6 is 0 Å². The van der Waals surface area contributed by atoms with Gasteiger partial charge in [-0.3, -0.25) is 0 Å². The summed E-state index contributed by atoms with van der Waals surface area (Å²) in [6.07, 6.45) is 5.67. The van der Waals surface area contributed by atoms with E-state index in [1.165, 1.54) is 34.8 Å². The molecule has 1 aliphatic heterocycles. The molecule has 0 saturated heterocycles. The van der Waals surface area contributed by atoms with Crippen LogP contribution in [0.4, 0.5) is 5.69 Å². The number of anilines is 1. The van der Waals surface area contributed by atoms with Crippen LogP contribution in [-0.2, 0) is 26.5 Å². The van der Waals surface area contributed by atoms with Crippen LogP contribution in [-0.4, -0.2) is 36.2 Å². The minimum atomic E-state index is -1.23. The second-order valence-corrected chi connectivity index (χ2v) is 26.7. The van der Waals surface area contributed by atoms with Gasteiger partial charge in [0.15, 0.2) is 16.6 Å². The molecule has 0 amide bonds. The van der Waals surface area contributed by atoms with Gasteiger partial charge in [0.2, 0.25) is 0 Å². The summed E-state index contributed by atoms with van der Waals surface area (Å²) in [5.41, 5.74) is 5.35. The molecular formula is C29H62AgN2OSi3-2. The van der Waals surface area contributed by atoms with Crippen LogP contribution in [0.3, 0.4) is 0 Å². The molecule has 36 heavy (non-hydrogen) atoms. The van der Waals surface area contributed by atoms with Crippen LogP contribution in [0.5, 0.6) is 0 Å². The van der Waals surface area contributed by atoms with Crippen molar-refractivity contribution in [2.75, 3.05) is 11.4 Å². The normalized spacial score (nSPS) is 12.7. The van der Waals surface area contributed by atoms with Crippen molar-refractivity contribution in [3.8, 4) is 0 Å². The smallest absolute Gasteiger partial charge is 0.170 e. The van der Waals surface area contributed by atoms with Gasteiger partial charge in [-0.15, -0.1) is 0 Å². The van der Waals surface area contributed by atoms with Crippen LogP contribution in [0.25, 0.3) is 0 Å². The fourth-order valence-corrected chi connectivity index (χ4v) is 12.5. The fourth-order valence-electron chi connectivity index (χ4n) is 3.95. The van der Waals surface area contributed by atoms with Crippen molar-refractivity contribution >= 4 is 30.4 Å². The van der Waals surface area contributed by atoms with Crippen molar-refractivity contribution in [3.63, 3.8) is 0 Å². The molecule has 7 heteroatoms. The van der Waals surface area contributed by atoms with Crippen molar-refractivity contribution in [3.05, 3.63) is 55.3 Å². The van der Waals surface area contributed by atoms with Gasteiger partial charge in [-0.25, -0.2) is 0 Å². The molecule has 1 aliphatic rings. The molecule has 1 aromatic rings. The summed E-state index contributed by atoms with van der Waals surface area (Å²) in [4.78, 5) is 4.58. The zero-order chi connectivity index (χ0) is 27.3. The zero-order valence-corrected chi connectivity index (χ0v) is 31.6. The van der Waals surface area contributed by atoms with Crippen LogP contribution in [0.2, 0.25) is 65.0 Å². The van der Waals surface area contributed by atoms with E-state index >= 15 is 0 Å². The molecule has 1 aromatic carbocycles. The molecule has 0 unspecified atom stereocenters. The molecule has 1 heterocycles. The first-order valence-corrected chi connectivity index (χ1v) is 23.8. The first-order chi connectivity index (χ1) is 15.5. The van der Waals surface area contributed by atoms with Gasteiger partial charge < -0.3 is 21.3 Å².